The van der Waals surface area contributed by atoms with E-state index in [1.165, 1.54) is 51.4 Å². The second kappa shape index (κ2) is 23.7. The fourth-order valence-corrected chi connectivity index (χ4v) is 4.29. The minimum atomic E-state index is -0.0302. The number of rotatable bonds is 24. The van der Waals surface area contributed by atoms with Gasteiger partial charge in [-0.1, -0.05) is 112 Å². The van der Waals surface area contributed by atoms with E-state index in [-0.39, 0.29) is 11.9 Å². The summed E-state index contributed by atoms with van der Waals surface area (Å²) in [5, 5.41) is 0. The van der Waals surface area contributed by atoms with Crippen molar-refractivity contribution in [3.8, 4) is 0 Å². The molecule has 0 aliphatic rings. The molecule has 4 nitrogen and oxygen atoms in total. The van der Waals surface area contributed by atoms with Gasteiger partial charge in [0.1, 0.15) is 0 Å². The molecular formula is C30H58O4. The molecule has 0 radical (unpaired) electrons. The van der Waals surface area contributed by atoms with Gasteiger partial charge in [-0.2, -0.15) is 0 Å². The van der Waals surface area contributed by atoms with Crippen molar-refractivity contribution in [3.05, 3.63) is 0 Å². The van der Waals surface area contributed by atoms with Gasteiger partial charge in [0.25, 0.3) is 0 Å². The Hall–Kier alpha value is -1.06. The van der Waals surface area contributed by atoms with Crippen LogP contribution in [0, 0.1) is 17.8 Å². The van der Waals surface area contributed by atoms with Gasteiger partial charge in [-0.25, -0.2) is 0 Å². The Morgan fingerprint density at radius 3 is 1.50 bits per heavy atom. The van der Waals surface area contributed by atoms with Crippen molar-refractivity contribution in [3.63, 3.8) is 0 Å². The van der Waals surface area contributed by atoms with Gasteiger partial charge in [-0.15, -0.1) is 0 Å². The van der Waals surface area contributed by atoms with Gasteiger partial charge in [0.2, 0.25) is 0 Å². The molecule has 0 fully saturated rings. The zero-order valence-corrected chi connectivity index (χ0v) is 23.5. The van der Waals surface area contributed by atoms with E-state index >= 15 is 0 Å². The summed E-state index contributed by atoms with van der Waals surface area (Å²) >= 11 is 0. The molecule has 0 aromatic rings. The zero-order chi connectivity index (χ0) is 25.4. The van der Waals surface area contributed by atoms with E-state index in [9.17, 15) is 9.59 Å². The van der Waals surface area contributed by atoms with Crippen LogP contribution >= 0.6 is 0 Å². The number of carbonyl (C=O) groups excluding carboxylic acids is 2. The van der Waals surface area contributed by atoms with E-state index in [1.807, 2.05) is 0 Å². The second-order valence-electron chi connectivity index (χ2n) is 11.0. The van der Waals surface area contributed by atoms with E-state index in [0.29, 0.717) is 32.0 Å². The summed E-state index contributed by atoms with van der Waals surface area (Å²) in [5.74, 6) is 2.09. The summed E-state index contributed by atoms with van der Waals surface area (Å²) in [4.78, 5) is 23.8. The molecule has 0 saturated carbocycles. The van der Waals surface area contributed by atoms with Gasteiger partial charge < -0.3 is 9.47 Å². The average molecular weight is 483 g/mol. The number of esters is 2. The standard InChI is InChI=1S/C30H58O4/c1-6-28(22-23-30(32)34-25-17-11-13-19-27(4)5)20-14-8-7-9-15-21-29(31)33-24-16-10-12-18-26(2)3/h26-28H,6-25H2,1-5H3. The molecule has 0 aliphatic heterocycles. The number of carbonyl (C=O) groups is 2. The minimum absolute atomic E-state index is 0.0234. The van der Waals surface area contributed by atoms with Crippen LogP contribution in [0.15, 0.2) is 0 Å². The maximum absolute atomic E-state index is 12.0. The van der Waals surface area contributed by atoms with Gasteiger partial charge in [0, 0.05) is 12.8 Å². The van der Waals surface area contributed by atoms with Crippen LogP contribution in [0.2, 0.25) is 0 Å². The Morgan fingerprint density at radius 2 is 0.971 bits per heavy atom. The summed E-state index contributed by atoms with van der Waals surface area (Å²) in [5.41, 5.74) is 0. The first-order valence-electron chi connectivity index (χ1n) is 14.7. The Labute approximate surface area is 212 Å². The molecular weight excluding hydrogens is 424 g/mol. The van der Waals surface area contributed by atoms with Crippen molar-refractivity contribution >= 4 is 11.9 Å². The summed E-state index contributed by atoms with van der Waals surface area (Å²) in [6.07, 6.45) is 19.3. The van der Waals surface area contributed by atoms with Crippen molar-refractivity contribution in [2.24, 2.45) is 17.8 Å². The number of unbranched alkanes of at least 4 members (excludes halogenated alkanes) is 8. The molecule has 0 bridgehead atoms. The lowest BCUT2D eigenvalue weighted by Crippen LogP contribution is -2.09. The lowest BCUT2D eigenvalue weighted by Gasteiger charge is -2.14. The topological polar surface area (TPSA) is 52.6 Å². The molecule has 4 heteroatoms. The smallest absolute Gasteiger partial charge is 0.305 e. The first-order chi connectivity index (χ1) is 16.3. The van der Waals surface area contributed by atoms with E-state index in [0.717, 1.165) is 63.2 Å². The van der Waals surface area contributed by atoms with E-state index in [4.69, 9.17) is 9.47 Å². The van der Waals surface area contributed by atoms with Gasteiger partial charge in [-0.3, -0.25) is 9.59 Å². The highest BCUT2D eigenvalue weighted by Crippen LogP contribution is 2.20. The van der Waals surface area contributed by atoms with Crippen molar-refractivity contribution in [1.82, 2.24) is 0 Å². The summed E-state index contributed by atoms with van der Waals surface area (Å²) in [6.45, 7) is 12.4. The van der Waals surface area contributed by atoms with Crippen LogP contribution in [0.1, 0.15) is 150 Å². The van der Waals surface area contributed by atoms with Gasteiger partial charge in [0.15, 0.2) is 0 Å². The molecule has 1 atom stereocenters. The first kappa shape index (κ1) is 32.9. The molecule has 0 aromatic heterocycles. The quantitative estimate of drug-likeness (QED) is 0.102. The van der Waals surface area contributed by atoms with Crippen molar-refractivity contribution in [2.45, 2.75) is 150 Å². The number of ether oxygens (including phenoxy) is 2. The molecule has 202 valence electrons. The Bertz CT molecular complexity index is 472. The zero-order valence-electron chi connectivity index (χ0n) is 23.5. The second-order valence-corrected chi connectivity index (χ2v) is 11.0. The first-order valence-corrected chi connectivity index (χ1v) is 14.7. The van der Waals surface area contributed by atoms with Crippen LogP contribution in [0.5, 0.6) is 0 Å². The minimum Gasteiger partial charge on any atom is -0.466 e. The summed E-state index contributed by atoms with van der Waals surface area (Å²) in [7, 11) is 0. The van der Waals surface area contributed by atoms with Gasteiger partial charge in [-0.05, 0) is 43.4 Å². The molecule has 0 spiro atoms. The van der Waals surface area contributed by atoms with Crippen LogP contribution in [-0.2, 0) is 19.1 Å². The fraction of sp³-hybridized carbons (Fsp3) is 0.933. The third-order valence-electron chi connectivity index (χ3n) is 6.71. The lowest BCUT2D eigenvalue weighted by atomic mass is 9.93. The Kier molecular flexibility index (Phi) is 22.9. The molecule has 0 aromatic carbocycles. The normalized spacial score (nSPS) is 12.3. The third-order valence-corrected chi connectivity index (χ3v) is 6.71. The molecule has 0 rings (SSSR count). The molecule has 0 heterocycles. The molecule has 0 N–H and O–H groups in total. The van der Waals surface area contributed by atoms with Crippen LogP contribution in [0.3, 0.4) is 0 Å². The summed E-state index contributed by atoms with van der Waals surface area (Å²) < 4.78 is 10.7. The molecule has 0 saturated heterocycles. The Morgan fingerprint density at radius 1 is 0.529 bits per heavy atom. The highest BCUT2D eigenvalue weighted by molar-refractivity contribution is 5.69. The highest BCUT2D eigenvalue weighted by Gasteiger charge is 2.11. The molecule has 34 heavy (non-hydrogen) atoms. The lowest BCUT2D eigenvalue weighted by molar-refractivity contribution is -0.145. The van der Waals surface area contributed by atoms with Crippen LogP contribution in [0.25, 0.3) is 0 Å². The van der Waals surface area contributed by atoms with Gasteiger partial charge in [0.05, 0.1) is 13.2 Å². The van der Waals surface area contributed by atoms with Crippen molar-refractivity contribution < 1.29 is 19.1 Å². The average Bonchev–Trinajstić information content (AvgIpc) is 2.79. The molecule has 1 unspecified atom stereocenters. The van der Waals surface area contributed by atoms with Crippen molar-refractivity contribution in [2.75, 3.05) is 13.2 Å². The largest absolute Gasteiger partial charge is 0.466 e. The van der Waals surface area contributed by atoms with E-state index in [1.54, 1.807) is 0 Å². The highest BCUT2D eigenvalue weighted by atomic mass is 16.5. The Balaban J connectivity index is 3.54. The van der Waals surface area contributed by atoms with Gasteiger partial charge >= 0.3 is 11.9 Å². The van der Waals surface area contributed by atoms with E-state index in [2.05, 4.69) is 34.6 Å². The number of hydrogen-bond acceptors (Lipinski definition) is 4. The maximum Gasteiger partial charge on any atom is 0.305 e. The fourth-order valence-electron chi connectivity index (χ4n) is 4.29. The maximum atomic E-state index is 12.0. The van der Waals surface area contributed by atoms with E-state index < -0.39 is 0 Å². The van der Waals surface area contributed by atoms with Crippen LogP contribution in [0.4, 0.5) is 0 Å². The predicted molar refractivity (Wildman–Crippen MR) is 144 cm³/mol. The summed E-state index contributed by atoms with van der Waals surface area (Å²) in [6, 6.07) is 0. The predicted octanol–water partition coefficient (Wildman–Crippen LogP) is 9.04. The van der Waals surface area contributed by atoms with Crippen molar-refractivity contribution in [1.29, 1.82) is 0 Å². The number of hydrogen-bond donors (Lipinski definition) is 0. The monoisotopic (exact) mass is 482 g/mol. The third kappa shape index (κ3) is 24.1. The molecule has 0 aliphatic carbocycles. The SMILES string of the molecule is CCC(CCCCCCCC(=O)OCCCCCC(C)C)CCC(=O)OCCCCCC(C)C. The molecule has 0 amide bonds. The van der Waals surface area contributed by atoms with Crippen LogP contribution < -0.4 is 0 Å². The van der Waals surface area contributed by atoms with Crippen LogP contribution in [-0.4, -0.2) is 25.2 Å².